The molecular formula is C13H18FN. The molecule has 1 nitrogen and oxygen atoms in total. The minimum atomic E-state index is -0.130. The molecule has 2 rings (SSSR count). The maximum absolute atomic E-state index is 13.6. The molecule has 0 amide bonds. The van der Waals surface area contributed by atoms with Gasteiger partial charge in [0.05, 0.1) is 5.69 Å². The number of benzene rings is 1. The zero-order valence-electron chi connectivity index (χ0n) is 9.39. The molecule has 0 saturated heterocycles. The average molecular weight is 207 g/mol. The van der Waals surface area contributed by atoms with Gasteiger partial charge in [-0.1, -0.05) is 13.0 Å². The molecule has 1 N–H and O–H groups in total. The fourth-order valence-electron chi connectivity index (χ4n) is 1.99. The van der Waals surface area contributed by atoms with E-state index >= 15 is 0 Å². The summed E-state index contributed by atoms with van der Waals surface area (Å²) in [6.07, 6.45) is 3.65. The Morgan fingerprint density at radius 1 is 1.47 bits per heavy atom. The van der Waals surface area contributed by atoms with Crippen molar-refractivity contribution in [2.45, 2.75) is 39.2 Å². The van der Waals surface area contributed by atoms with Crippen LogP contribution in [0.5, 0.6) is 0 Å². The summed E-state index contributed by atoms with van der Waals surface area (Å²) >= 11 is 0. The van der Waals surface area contributed by atoms with Crippen molar-refractivity contribution in [2.24, 2.45) is 5.92 Å². The molecule has 0 heterocycles. The minimum Gasteiger partial charge on any atom is -0.380 e. The Kier molecular flexibility index (Phi) is 2.94. The molecule has 1 aromatic rings. The molecule has 1 fully saturated rings. The molecule has 1 aliphatic rings. The van der Waals surface area contributed by atoms with Crippen LogP contribution in [0.25, 0.3) is 0 Å². The maximum atomic E-state index is 13.6. The topological polar surface area (TPSA) is 12.0 Å². The van der Waals surface area contributed by atoms with Gasteiger partial charge in [-0.15, -0.1) is 0 Å². The normalized spacial score (nSPS) is 17.5. The first-order valence-corrected chi connectivity index (χ1v) is 5.73. The van der Waals surface area contributed by atoms with E-state index in [0.717, 1.165) is 17.9 Å². The summed E-state index contributed by atoms with van der Waals surface area (Å²) in [7, 11) is 0. The van der Waals surface area contributed by atoms with Crippen LogP contribution in [-0.4, -0.2) is 6.04 Å². The minimum absolute atomic E-state index is 0.130. The lowest BCUT2D eigenvalue weighted by molar-refractivity contribution is 0.593. The van der Waals surface area contributed by atoms with Crippen molar-refractivity contribution in [3.63, 3.8) is 0 Å². The third-order valence-electron chi connectivity index (χ3n) is 3.10. The van der Waals surface area contributed by atoms with Gasteiger partial charge < -0.3 is 5.32 Å². The maximum Gasteiger partial charge on any atom is 0.146 e. The van der Waals surface area contributed by atoms with E-state index in [4.69, 9.17) is 0 Å². The molecule has 0 aromatic heterocycles. The first-order chi connectivity index (χ1) is 7.20. The molecular weight excluding hydrogens is 189 g/mol. The monoisotopic (exact) mass is 207 g/mol. The van der Waals surface area contributed by atoms with Crippen molar-refractivity contribution in [1.82, 2.24) is 0 Å². The molecule has 0 radical (unpaired) electrons. The molecule has 0 bridgehead atoms. The number of rotatable bonds is 4. The number of hydrogen-bond donors (Lipinski definition) is 1. The molecule has 15 heavy (non-hydrogen) atoms. The summed E-state index contributed by atoms with van der Waals surface area (Å²) in [6, 6.07) is 5.82. The van der Waals surface area contributed by atoms with E-state index in [0.29, 0.717) is 11.7 Å². The van der Waals surface area contributed by atoms with Gasteiger partial charge in [0.15, 0.2) is 0 Å². The lowest BCUT2D eigenvalue weighted by Gasteiger charge is -2.18. The number of aryl methyl sites for hydroxylation is 1. The van der Waals surface area contributed by atoms with Gasteiger partial charge in [-0.05, 0) is 49.8 Å². The van der Waals surface area contributed by atoms with Crippen molar-refractivity contribution in [3.05, 3.63) is 29.6 Å². The Morgan fingerprint density at radius 3 is 2.73 bits per heavy atom. The van der Waals surface area contributed by atoms with Gasteiger partial charge in [0, 0.05) is 6.04 Å². The number of nitrogens with one attached hydrogen (secondary N) is 1. The number of halogens is 1. The van der Waals surface area contributed by atoms with E-state index in [1.165, 1.54) is 12.8 Å². The van der Waals surface area contributed by atoms with Crippen LogP contribution in [-0.2, 0) is 0 Å². The predicted octanol–water partition coefficient (Wildman–Crippen LogP) is 3.73. The molecule has 82 valence electrons. The van der Waals surface area contributed by atoms with E-state index < -0.39 is 0 Å². The summed E-state index contributed by atoms with van der Waals surface area (Å²) in [6.45, 7) is 4.06. The second-order valence-electron chi connectivity index (χ2n) is 4.48. The third-order valence-corrected chi connectivity index (χ3v) is 3.10. The summed E-state index contributed by atoms with van der Waals surface area (Å²) in [4.78, 5) is 0. The summed E-state index contributed by atoms with van der Waals surface area (Å²) in [5.74, 6) is 0.629. The zero-order valence-corrected chi connectivity index (χ0v) is 9.39. The highest BCUT2D eigenvalue weighted by atomic mass is 19.1. The van der Waals surface area contributed by atoms with Crippen molar-refractivity contribution >= 4 is 5.69 Å². The quantitative estimate of drug-likeness (QED) is 0.793. The number of hydrogen-bond acceptors (Lipinski definition) is 1. The molecule has 1 saturated carbocycles. The fraction of sp³-hybridized carbons (Fsp3) is 0.538. The molecule has 1 atom stereocenters. The van der Waals surface area contributed by atoms with Crippen molar-refractivity contribution in [3.8, 4) is 0 Å². The van der Waals surface area contributed by atoms with Gasteiger partial charge in [0.1, 0.15) is 5.82 Å². The summed E-state index contributed by atoms with van der Waals surface area (Å²) < 4.78 is 13.6. The van der Waals surface area contributed by atoms with Crippen molar-refractivity contribution in [2.75, 3.05) is 5.32 Å². The van der Waals surface area contributed by atoms with Crippen LogP contribution >= 0.6 is 0 Å². The zero-order chi connectivity index (χ0) is 10.8. The third kappa shape index (κ3) is 2.49. The molecule has 1 aromatic carbocycles. The van der Waals surface area contributed by atoms with Gasteiger partial charge in [0.25, 0.3) is 0 Å². The van der Waals surface area contributed by atoms with Crippen LogP contribution in [0.15, 0.2) is 18.2 Å². The molecule has 0 spiro atoms. The molecule has 0 aliphatic heterocycles. The van der Waals surface area contributed by atoms with Crippen molar-refractivity contribution in [1.29, 1.82) is 0 Å². The summed E-state index contributed by atoms with van der Waals surface area (Å²) in [5.41, 5.74) is 1.62. The lowest BCUT2D eigenvalue weighted by Crippen LogP contribution is -2.21. The van der Waals surface area contributed by atoms with E-state index in [1.54, 1.807) is 6.07 Å². The van der Waals surface area contributed by atoms with Crippen LogP contribution in [0.4, 0.5) is 10.1 Å². The van der Waals surface area contributed by atoms with E-state index in [-0.39, 0.29) is 5.82 Å². The first-order valence-electron chi connectivity index (χ1n) is 5.73. The van der Waals surface area contributed by atoms with Crippen LogP contribution in [0.2, 0.25) is 0 Å². The van der Waals surface area contributed by atoms with Gasteiger partial charge in [0.2, 0.25) is 0 Å². The van der Waals surface area contributed by atoms with E-state index in [2.05, 4.69) is 12.2 Å². The van der Waals surface area contributed by atoms with E-state index in [9.17, 15) is 4.39 Å². The standard InChI is InChI=1S/C13H18FN/c1-3-12(10-5-6-10)15-13-7-4-9(2)8-11(13)14/h4,7-8,10,12,15H,3,5-6H2,1-2H3. The highest BCUT2D eigenvalue weighted by molar-refractivity contribution is 5.47. The largest absolute Gasteiger partial charge is 0.380 e. The second-order valence-corrected chi connectivity index (χ2v) is 4.48. The van der Waals surface area contributed by atoms with Gasteiger partial charge in [-0.25, -0.2) is 4.39 Å². The van der Waals surface area contributed by atoms with Crippen LogP contribution < -0.4 is 5.32 Å². The molecule has 1 unspecified atom stereocenters. The SMILES string of the molecule is CCC(Nc1ccc(C)cc1F)C1CC1. The van der Waals surface area contributed by atoms with Crippen LogP contribution in [0.3, 0.4) is 0 Å². The molecule has 1 aliphatic carbocycles. The highest BCUT2D eigenvalue weighted by Crippen LogP contribution is 2.35. The first kappa shape index (κ1) is 10.5. The van der Waals surface area contributed by atoms with Crippen LogP contribution in [0.1, 0.15) is 31.7 Å². The number of anilines is 1. The predicted molar refractivity (Wildman–Crippen MR) is 61.6 cm³/mol. The summed E-state index contributed by atoms with van der Waals surface area (Å²) in [5, 5.41) is 3.31. The Morgan fingerprint density at radius 2 is 2.20 bits per heavy atom. The molecule has 2 heteroatoms. The van der Waals surface area contributed by atoms with Crippen LogP contribution in [0, 0.1) is 18.7 Å². The van der Waals surface area contributed by atoms with Crippen molar-refractivity contribution < 1.29 is 4.39 Å². The van der Waals surface area contributed by atoms with E-state index in [1.807, 2.05) is 19.1 Å². The Labute approximate surface area is 90.7 Å². The Hall–Kier alpha value is -1.05. The van der Waals surface area contributed by atoms with Gasteiger partial charge >= 0.3 is 0 Å². The van der Waals surface area contributed by atoms with Gasteiger partial charge in [-0.3, -0.25) is 0 Å². The van der Waals surface area contributed by atoms with Gasteiger partial charge in [-0.2, -0.15) is 0 Å². The average Bonchev–Trinajstić information content (AvgIpc) is 3.00. The smallest absolute Gasteiger partial charge is 0.146 e. The Bertz CT molecular complexity index is 344. The fourth-order valence-corrected chi connectivity index (χ4v) is 1.99. The highest BCUT2D eigenvalue weighted by Gasteiger charge is 2.30. The Balaban J connectivity index is 2.08. The lowest BCUT2D eigenvalue weighted by atomic mass is 10.1. The second kappa shape index (κ2) is 4.21.